The van der Waals surface area contributed by atoms with Crippen LogP contribution in [0.15, 0.2) is 0 Å². The molecule has 106 valence electrons. The lowest BCUT2D eigenvalue weighted by Crippen LogP contribution is -2.46. The summed E-state index contributed by atoms with van der Waals surface area (Å²) in [5.74, 6) is 1.49. The van der Waals surface area contributed by atoms with E-state index in [-0.39, 0.29) is 5.97 Å². The highest BCUT2D eigenvalue weighted by atomic mass is 16.5. The predicted octanol–water partition coefficient (Wildman–Crippen LogP) is 3.08. The third kappa shape index (κ3) is 4.27. The number of esters is 1. The van der Waals surface area contributed by atoms with Crippen LogP contribution in [0, 0.1) is 11.8 Å². The molecule has 0 aromatic rings. The van der Waals surface area contributed by atoms with Crippen molar-refractivity contribution in [1.82, 2.24) is 4.90 Å². The molecule has 0 heterocycles. The zero-order chi connectivity index (χ0) is 13.7. The van der Waals surface area contributed by atoms with Gasteiger partial charge in [0, 0.05) is 12.1 Å². The van der Waals surface area contributed by atoms with E-state index in [1.807, 2.05) is 6.92 Å². The van der Waals surface area contributed by atoms with Crippen molar-refractivity contribution >= 4 is 5.97 Å². The van der Waals surface area contributed by atoms with Gasteiger partial charge < -0.3 is 4.74 Å². The van der Waals surface area contributed by atoms with Gasteiger partial charge in [-0.05, 0) is 51.9 Å². The standard InChI is InChI=1S/C15H29NO2/c1-6-18-15(17)10-16(11(2)3)14-8-7-12(4)13(5)9-14/h11-14H,6-10H2,1-5H3. The molecule has 18 heavy (non-hydrogen) atoms. The summed E-state index contributed by atoms with van der Waals surface area (Å²) < 4.78 is 5.08. The normalized spacial score (nSPS) is 28.7. The van der Waals surface area contributed by atoms with Gasteiger partial charge in [-0.2, -0.15) is 0 Å². The van der Waals surface area contributed by atoms with E-state index in [4.69, 9.17) is 4.74 Å². The first-order chi connectivity index (χ1) is 8.45. The van der Waals surface area contributed by atoms with E-state index in [1.165, 1.54) is 19.3 Å². The van der Waals surface area contributed by atoms with Crippen LogP contribution in [-0.4, -0.2) is 36.1 Å². The molecular weight excluding hydrogens is 226 g/mol. The minimum absolute atomic E-state index is 0.0857. The van der Waals surface area contributed by atoms with Gasteiger partial charge in [-0.25, -0.2) is 0 Å². The maximum atomic E-state index is 11.7. The Bertz CT molecular complexity index is 265. The molecular formula is C15H29NO2. The Morgan fingerprint density at radius 3 is 2.44 bits per heavy atom. The van der Waals surface area contributed by atoms with E-state index in [0.717, 1.165) is 11.8 Å². The fourth-order valence-corrected chi connectivity index (χ4v) is 2.91. The number of hydrogen-bond acceptors (Lipinski definition) is 3. The Balaban J connectivity index is 2.59. The van der Waals surface area contributed by atoms with E-state index in [1.54, 1.807) is 0 Å². The highest BCUT2D eigenvalue weighted by Gasteiger charge is 2.31. The second-order valence-electron chi connectivity index (χ2n) is 5.99. The first-order valence-electron chi connectivity index (χ1n) is 7.37. The third-order valence-corrected chi connectivity index (χ3v) is 4.32. The van der Waals surface area contributed by atoms with E-state index in [9.17, 15) is 4.79 Å². The minimum atomic E-state index is -0.0857. The maximum absolute atomic E-state index is 11.7. The first-order valence-corrected chi connectivity index (χ1v) is 7.37. The SMILES string of the molecule is CCOC(=O)CN(C(C)C)C1CCC(C)C(C)C1. The van der Waals surface area contributed by atoms with E-state index < -0.39 is 0 Å². The summed E-state index contributed by atoms with van der Waals surface area (Å²) in [6.07, 6.45) is 3.69. The molecule has 1 fully saturated rings. The Morgan fingerprint density at radius 2 is 1.94 bits per heavy atom. The lowest BCUT2D eigenvalue weighted by Gasteiger charge is -2.40. The van der Waals surface area contributed by atoms with Gasteiger partial charge in [-0.15, -0.1) is 0 Å². The Hall–Kier alpha value is -0.570. The number of carbonyl (C=O) groups is 1. The van der Waals surface area contributed by atoms with Crippen molar-refractivity contribution in [2.45, 2.75) is 66.0 Å². The fraction of sp³-hybridized carbons (Fsp3) is 0.933. The molecule has 1 aliphatic carbocycles. The molecule has 1 rings (SSSR count). The molecule has 1 saturated carbocycles. The molecule has 1 aliphatic rings. The van der Waals surface area contributed by atoms with Crippen LogP contribution in [0.3, 0.4) is 0 Å². The van der Waals surface area contributed by atoms with Crippen LogP contribution in [0.2, 0.25) is 0 Å². The summed E-state index contributed by atoms with van der Waals surface area (Å²) in [7, 11) is 0. The molecule has 0 N–H and O–H groups in total. The van der Waals surface area contributed by atoms with Crippen LogP contribution in [0.4, 0.5) is 0 Å². The van der Waals surface area contributed by atoms with Crippen molar-refractivity contribution in [2.24, 2.45) is 11.8 Å². The van der Waals surface area contributed by atoms with Crippen molar-refractivity contribution in [2.75, 3.05) is 13.2 Å². The largest absolute Gasteiger partial charge is 0.465 e. The average molecular weight is 255 g/mol. The number of hydrogen-bond donors (Lipinski definition) is 0. The highest BCUT2D eigenvalue weighted by Crippen LogP contribution is 2.32. The lowest BCUT2D eigenvalue weighted by atomic mass is 9.78. The van der Waals surface area contributed by atoms with Crippen LogP contribution >= 0.6 is 0 Å². The molecule has 3 unspecified atom stereocenters. The smallest absolute Gasteiger partial charge is 0.320 e. The molecule has 3 nitrogen and oxygen atoms in total. The van der Waals surface area contributed by atoms with Gasteiger partial charge in [0.15, 0.2) is 0 Å². The topological polar surface area (TPSA) is 29.5 Å². The predicted molar refractivity (Wildman–Crippen MR) is 74.4 cm³/mol. The van der Waals surface area contributed by atoms with Crippen LogP contribution in [-0.2, 0) is 9.53 Å². The van der Waals surface area contributed by atoms with Gasteiger partial charge in [0.1, 0.15) is 0 Å². The summed E-state index contributed by atoms with van der Waals surface area (Å²) in [6.45, 7) is 11.8. The molecule has 0 saturated heterocycles. The molecule has 0 aromatic carbocycles. The van der Waals surface area contributed by atoms with Crippen molar-refractivity contribution < 1.29 is 9.53 Å². The molecule has 0 aliphatic heterocycles. The molecule has 0 radical (unpaired) electrons. The van der Waals surface area contributed by atoms with E-state index in [2.05, 4.69) is 32.6 Å². The molecule has 0 aromatic heterocycles. The maximum Gasteiger partial charge on any atom is 0.320 e. The quantitative estimate of drug-likeness (QED) is 0.707. The number of carbonyl (C=O) groups excluding carboxylic acids is 1. The molecule has 0 bridgehead atoms. The van der Waals surface area contributed by atoms with Gasteiger partial charge in [0.2, 0.25) is 0 Å². The summed E-state index contributed by atoms with van der Waals surface area (Å²) in [4.78, 5) is 14.0. The number of rotatable bonds is 5. The van der Waals surface area contributed by atoms with Crippen LogP contribution in [0.25, 0.3) is 0 Å². The second-order valence-corrected chi connectivity index (χ2v) is 5.99. The Kier molecular flexibility index (Phi) is 6.13. The van der Waals surface area contributed by atoms with Gasteiger partial charge >= 0.3 is 5.97 Å². The van der Waals surface area contributed by atoms with Crippen LogP contribution < -0.4 is 0 Å². The summed E-state index contributed by atoms with van der Waals surface area (Å²) in [5, 5.41) is 0. The van der Waals surface area contributed by atoms with Gasteiger partial charge in [0.05, 0.1) is 13.2 Å². The molecule has 3 heteroatoms. The van der Waals surface area contributed by atoms with E-state index >= 15 is 0 Å². The lowest BCUT2D eigenvalue weighted by molar-refractivity contribution is -0.146. The number of nitrogens with zero attached hydrogens (tertiary/aromatic N) is 1. The summed E-state index contributed by atoms with van der Waals surface area (Å²) >= 11 is 0. The minimum Gasteiger partial charge on any atom is -0.465 e. The fourth-order valence-electron chi connectivity index (χ4n) is 2.91. The van der Waals surface area contributed by atoms with Crippen LogP contribution in [0.1, 0.15) is 53.9 Å². The number of ether oxygens (including phenoxy) is 1. The van der Waals surface area contributed by atoms with Crippen molar-refractivity contribution in [1.29, 1.82) is 0 Å². The average Bonchev–Trinajstić information content (AvgIpc) is 2.30. The molecule has 0 amide bonds. The third-order valence-electron chi connectivity index (χ3n) is 4.32. The van der Waals surface area contributed by atoms with Crippen molar-refractivity contribution in [3.63, 3.8) is 0 Å². The monoisotopic (exact) mass is 255 g/mol. The van der Waals surface area contributed by atoms with E-state index in [0.29, 0.717) is 25.2 Å². The zero-order valence-electron chi connectivity index (χ0n) is 12.6. The van der Waals surface area contributed by atoms with Gasteiger partial charge in [-0.1, -0.05) is 13.8 Å². The Morgan fingerprint density at radius 1 is 1.28 bits per heavy atom. The molecule has 0 spiro atoms. The second kappa shape index (κ2) is 7.13. The van der Waals surface area contributed by atoms with Crippen molar-refractivity contribution in [3.8, 4) is 0 Å². The van der Waals surface area contributed by atoms with Gasteiger partial charge in [0.25, 0.3) is 0 Å². The Labute approximate surface area is 112 Å². The zero-order valence-corrected chi connectivity index (χ0v) is 12.6. The first kappa shape index (κ1) is 15.5. The summed E-state index contributed by atoms with van der Waals surface area (Å²) in [5.41, 5.74) is 0. The highest BCUT2D eigenvalue weighted by molar-refractivity contribution is 5.71. The van der Waals surface area contributed by atoms with Crippen molar-refractivity contribution in [3.05, 3.63) is 0 Å². The molecule has 3 atom stereocenters. The summed E-state index contributed by atoms with van der Waals surface area (Å²) in [6, 6.07) is 0.945. The van der Waals surface area contributed by atoms with Gasteiger partial charge in [-0.3, -0.25) is 9.69 Å². The van der Waals surface area contributed by atoms with Crippen LogP contribution in [0.5, 0.6) is 0 Å².